The summed E-state index contributed by atoms with van der Waals surface area (Å²) in [5.41, 5.74) is 0. The molecule has 1 aromatic rings. The third-order valence-electron chi connectivity index (χ3n) is 1.77. The normalized spacial score (nSPS) is 9.79. The Kier molecular flexibility index (Phi) is 3.66. The zero-order chi connectivity index (χ0) is 10.7. The molecular formula is C9H10ClO3Si. The molecular weight excluding hydrogens is 220 g/mol. The average molecular weight is 230 g/mol. The molecule has 1 rings (SSSR count). The Balaban J connectivity index is 3.42. The van der Waals surface area contributed by atoms with Crippen molar-refractivity contribution in [3.05, 3.63) is 11.1 Å². The van der Waals surface area contributed by atoms with Crippen molar-refractivity contribution in [3.63, 3.8) is 0 Å². The highest BCUT2D eigenvalue weighted by Gasteiger charge is 2.16. The van der Waals surface area contributed by atoms with E-state index < -0.39 is 0 Å². The van der Waals surface area contributed by atoms with Crippen LogP contribution in [0.25, 0.3) is 0 Å². The van der Waals surface area contributed by atoms with Gasteiger partial charge in [0.15, 0.2) is 11.5 Å². The van der Waals surface area contributed by atoms with Gasteiger partial charge in [0.05, 0.1) is 36.6 Å². The third-order valence-corrected chi connectivity index (χ3v) is 2.70. The lowest BCUT2D eigenvalue weighted by atomic mass is 10.3. The zero-order valence-electron chi connectivity index (χ0n) is 8.18. The van der Waals surface area contributed by atoms with E-state index in [1.54, 1.807) is 13.2 Å². The topological polar surface area (TPSA) is 27.7 Å². The summed E-state index contributed by atoms with van der Waals surface area (Å²) in [4.78, 5) is 0. The first-order valence-corrected chi connectivity index (χ1v) is 4.73. The smallest absolute Gasteiger partial charge is 0.204 e. The Labute approximate surface area is 91.3 Å². The van der Waals surface area contributed by atoms with Crippen LogP contribution in [0, 0.1) is 0 Å². The SMILES string of the molecule is COc1cc([Si])c(Cl)c(OC)c1OC. The highest BCUT2D eigenvalue weighted by Crippen LogP contribution is 2.40. The molecule has 0 fully saturated rings. The molecule has 75 valence electrons. The van der Waals surface area contributed by atoms with Crippen LogP contribution in [0.5, 0.6) is 17.2 Å². The van der Waals surface area contributed by atoms with Gasteiger partial charge in [-0.2, -0.15) is 0 Å². The zero-order valence-corrected chi connectivity index (χ0v) is 9.94. The van der Waals surface area contributed by atoms with Crippen LogP contribution in [0.4, 0.5) is 0 Å². The van der Waals surface area contributed by atoms with E-state index >= 15 is 0 Å². The van der Waals surface area contributed by atoms with Crippen molar-refractivity contribution >= 4 is 27.0 Å². The first-order chi connectivity index (χ1) is 6.65. The molecule has 0 aliphatic carbocycles. The van der Waals surface area contributed by atoms with Crippen molar-refractivity contribution in [1.29, 1.82) is 0 Å². The molecule has 5 heteroatoms. The standard InChI is InChI=1S/C9H10ClO3Si/c1-11-5-4-6(14)7(10)9(13-3)8(5)12-2/h4H,1-3H3. The summed E-state index contributed by atoms with van der Waals surface area (Å²) in [5, 5.41) is 1.16. The van der Waals surface area contributed by atoms with Gasteiger partial charge in [-0.3, -0.25) is 0 Å². The summed E-state index contributed by atoms with van der Waals surface area (Å²) >= 11 is 6.00. The van der Waals surface area contributed by atoms with Crippen molar-refractivity contribution in [1.82, 2.24) is 0 Å². The lowest BCUT2D eigenvalue weighted by molar-refractivity contribution is 0.325. The fourth-order valence-corrected chi connectivity index (χ4v) is 1.58. The molecule has 3 radical (unpaired) electrons. The van der Waals surface area contributed by atoms with Crippen LogP contribution >= 0.6 is 11.6 Å². The molecule has 0 heterocycles. The van der Waals surface area contributed by atoms with Gasteiger partial charge >= 0.3 is 0 Å². The highest BCUT2D eigenvalue weighted by molar-refractivity contribution is 6.46. The number of methoxy groups -OCH3 is 3. The van der Waals surface area contributed by atoms with Crippen molar-refractivity contribution in [3.8, 4) is 17.2 Å². The quantitative estimate of drug-likeness (QED) is 0.729. The second kappa shape index (κ2) is 4.57. The summed E-state index contributed by atoms with van der Waals surface area (Å²) in [7, 11) is 7.95. The van der Waals surface area contributed by atoms with Crippen LogP contribution < -0.4 is 19.4 Å². The average Bonchev–Trinajstić information content (AvgIpc) is 2.20. The minimum atomic E-state index is 0.457. The fraction of sp³-hybridized carbons (Fsp3) is 0.333. The van der Waals surface area contributed by atoms with E-state index in [2.05, 4.69) is 10.2 Å². The van der Waals surface area contributed by atoms with Gasteiger partial charge in [0.1, 0.15) is 0 Å². The number of hydrogen-bond donors (Lipinski definition) is 0. The molecule has 0 amide bonds. The first kappa shape index (κ1) is 11.2. The predicted molar refractivity (Wildman–Crippen MR) is 56.5 cm³/mol. The molecule has 0 atom stereocenters. The van der Waals surface area contributed by atoms with E-state index in [0.29, 0.717) is 27.5 Å². The molecule has 0 aromatic heterocycles. The molecule has 14 heavy (non-hydrogen) atoms. The summed E-state index contributed by atoms with van der Waals surface area (Å²) in [6.07, 6.45) is 0. The van der Waals surface area contributed by atoms with Crippen LogP contribution in [0.2, 0.25) is 5.02 Å². The lowest BCUT2D eigenvalue weighted by Gasteiger charge is -2.14. The van der Waals surface area contributed by atoms with Gasteiger partial charge in [-0.05, 0) is 11.3 Å². The van der Waals surface area contributed by atoms with Gasteiger partial charge in [0.25, 0.3) is 0 Å². The van der Waals surface area contributed by atoms with E-state index in [4.69, 9.17) is 25.8 Å². The van der Waals surface area contributed by atoms with Gasteiger partial charge in [-0.15, -0.1) is 0 Å². The summed E-state index contributed by atoms with van der Waals surface area (Å²) in [6.45, 7) is 0. The van der Waals surface area contributed by atoms with Crippen molar-refractivity contribution < 1.29 is 14.2 Å². The van der Waals surface area contributed by atoms with Gasteiger partial charge in [0, 0.05) is 0 Å². The van der Waals surface area contributed by atoms with E-state index in [-0.39, 0.29) is 0 Å². The van der Waals surface area contributed by atoms with Gasteiger partial charge < -0.3 is 14.2 Å². The minimum Gasteiger partial charge on any atom is -0.493 e. The summed E-state index contributed by atoms with van der Waals surface area (Å²) in [6, 6.07) is 1.72. The maximum atomic E-state index is 6.00. The molecule has 0 aliphatic rings. The van der Waals surface area contributed by atoms with Crippen molar-refractivity contribution in [2.45, 2.75) is 0 Å². The van der Waals surface area contributed by atoms with Gasteiger partial charge in [-0.25, -0.2) is 0 Å². The van der Waals surface area contributed by atoms with Crippen LogP contribution in [0.3, 0.4) is 0 Å². The van der Waals surface area contributed by atoms with Crippen LogP contribution in [0.1, 0.15) is 0 Å². The lowest BCUT2D eigenvalue weighted by Crippen LogP contribution is -2.08. The monoisotopic (exact) mass is 229 g/mol. The van der Waals surface area contributed by atoms with Gasteiger partial charge in [-0.1, -0.05) is 11.6 Å². The van der Waals surface area contributed by atoms with E-state index in [9.17, 15) is 0 Å². The Morgan fingerprint density at radius 3 is 2.07 bits per heavy atom. The first-order valence-electron chi connectivity index (χ1n) is 3.85. The Bertz CT molecular complexity index is 341. The second-order valence-electron chi connectivity index (χ2n) is 2.51. The summed E-state index contributed by atoms with van der Waals surface area (Å²) in [5.74, 6) is 1.51. The highest BCUT2D eigenvalue weighted by atomic mass is 35.5. The Morgan fingerprint density at radius 1 is 1.07 bits per heavy atom. The molecule has 0 N–H and O–H groups in total. The maximum absolute atomic E-state index is 6.00. The number of benzene rings is 1. The third kappa shape index (κ3) is 1.81. The van der Waals surface area contributed by atoms with Gasteiger partial charge in [0.2, 0.25) is 5.75 Å². The molecule has 0 saturated heterocycles. The maximum Gasteiger partial charge on any atom is 0.204 e. The van der Waals surface area contributed by atoms with Crippen LogP contribution in [-0.4, -0.2) is 31.6 Å². The molecule has 3 nitrogen and oxygen atoms in total. The molecule has 1 aromatic carbocycles. The molecule has 0 unspecified atom stereocenters. The molecule has 0 saturated carbocycles. The number of hydrogen-bond acceptors (Lipinski definition) is 3. The molecule has 0 aliphatic heterocycles. The van der Waals surface area contributed by atoms with Crippen LogP contribution in [0.15, 0.2) is 6.07 Å². The Morgan fingerprint density at radius 2 is 1.64 bits per heavy atom. The van der Waals surface area contributed by atoms with E-state index in [0.717, 1.165) is 0 Å². The van der Waals surface area contributed by atoms with Crippen LogP contribution in [-0.2, 0) is 0 Å². The van der Waals surface area contributed by atoms with Crippen molar-refractivity contribution in [2.24, 2.45) is 0 Å². The molecule has 0 spiro atoms. The minimum absolute atomic E-state index is 0.457. The van der Waals surface area contributed by atoms with Crippen molar-refractivity contribution in [2.75, 3.05) is 21.3 Å². The largest absolute Gasteiger partial charge is 0.493 e. The number of ether oxygens (including phenoxy) is 3. The number of halogens is 1. The number of rotatable bonds is 3. The second-order valence-corrected chi connectivity index (χ2v) is 3.42. The predicted octanol–water partition coefficient (Wildman–Crippen LogP) is 1.16. The van der Waals surface area contributed by atoms with E-state index in [1.807, 2.05) is 0 Å². The fourth-order valence-electron chi connectivity index (χ4n) is 1.12. The molecule has 0 bridgehead atoms. The summed E-state index contributed by atoms with van der Waals surface area (Å²) < 4.78 is 15.4. The van der Waals surface area contributed by atoms with E-state index in [1.165, 1.54) is 14.2 Å². The Hall–Kier alpha value is -0.873.